The number of carboxylic acids is 1. The average molecular weight is 467 g/mol. The molecule has 2 aliphatic rings. The van der Waals surface area contributed by atoms with Crippen molar-refractivity contribution >= 4 is 11.9 Å². The van der Waals surface area contributed by atoms with Gasteiger partial charge in [0.2, 0.25) is 5.91 Å². The Bertz CT molecular complexity index is 939. The normalized spacial score (nSPS) is 18.1. The highest BCUT2D eigenvalue weighted by molar-refractivity contribution is 5.76. The smallest absolute Gasteiger partial charge is 0.475 e. The molecule has 7 nitrogen and oxygen atoms in total. The van der Waals surface area contributed by atoms with Gasteiger partial charge in [0.1, 0.15) is 0 Å². The maximum absolute atomic E-state index is 11.9. The molecule has 0 bridgehead atoms. The summed E-state index contributed by atoms with van der Waals surface area (Å²) in [5.74, 6) is -1.90. The molecule has 1 unspecified atom stereocenters. The number of carboxylic acid groups (broad SMARTS) is 1. The van der Waals surface area contributed by atoms with Crippen LogP contribution in [0.25, 0.3) is 0 Å². The third kappa shape index (κ3) is 7.88. The number of carbonyl (C=O) groups is 2. The minimum absolute atomic E-state index is 0.209. The third-order valence-corrected chi connectivity index (χ3v) is 5.69. The van der Waals surface area contributed by atoms with E-state index in [4.69, 9.17) is 9.90 Å². The highest BCUT2D eigenvalue weighted by atomic mass is 19.4. The standard InChI is InChI=1S/C21H28N4O.C2HF3O2/c1-16-2-4-18(5-3-16)13-24-14-19(25-20(15-24)9-11-23-25)8-10-22-21(26)12-17-6-7-17;3-2(4,5)1(6)7/h2-5,9,11,17,19H,6-8,10,12-15H2,1H3,(H,22,26);(H,6,7). The molecule has 1 atom stereocenters. The summed E-state index contributed by atoms with van der Waals surface area (Å²) < 4.78 is 33.9. The van der Waals surface area contributed by atoms with Gasteiger partial charge in [-0.25, -0.2) is 4.79 Å². The average Bonchev–Trinajstić information content (AvgIpc) is 3.42. The fraction of sp³-hybridized carbons (Fsp3) is 0.522. The van der Waals surface area contributed by atoms with Gasteiger partial charge >= 0.3 is 12.1 Å². The number of nitrogens with one attached hydrogen (secondary N) is 1. The van der Waals surface area contributed by atoms with E-state index in [0.29, 0.717) is 18.4 Å². The lowest BCUT2D eigenvalue weighted by molar-refractivity contribution is -0.192. The maximum Gasteiger partial charge on any atom is 0.490 e. The number of benzene rings is 1. The number of hydrogen-bond donors (Lipinski definition) is 2. The second kappa shape index (κ2) is 10.8. The molecule has 1 aliphatic carbocycles. The van der Waals surface area contributed by atoms with Crippen molar-refractivity contribution in [3.63, 3.8) is 0 Å². The van der Waals surface area contributed by atoms with Crippen LogP contribution in [0.3, 0.4) is 0 Å². The summed E-state index contributed by atoms with van der Waals surface area (Å²) in [4.78, 5) is 23.3. The molecular weight excluding hydrogens is 437 g/mol. The van der Waals surface area contributed by atoms with Crippen LogP contribution < -0.4 is 5.32 Å². The van der Waals surface area contributed by atoms with Crippen molar-refractivity contribution in [3.05, 3.63) is 53.3 Å². The van der Waals surface area contributed by atoms with Crippen LogP contribution in [0, 0.1) is 12.8 Å². The van der Waals surface area contributed by atoms with Crippen LogP contribution in [0.4, 0.5) is 13.2 Å². The van der Waals surface area contributed by atoms with Gasteiger partial charge in [-0.05, 0) is 43.7 Å². The van der Waals surface area contributed by atoms with Gasteiger partial charge < -0.3 is 10.4 Å². The zero-order valence-corrected chi connectivity index (χ0v) is 18.5. The summed E-state index contributed by atoms with van der Waals surface area (Å²) in [5, 5.41) is 14.7. The van der Waals surface area contributed by atoms with Crippen molar-refractivity contribution in [2.75, 3.05) is 13.1 Å². The van der Waals surface area contributed by atoms with E-state index in [2.05, 4.69) is 57.3 Å². The zero-order chi connectivity index (χ0) is 24.0. The molecule has 10 heteroatoms. The zero-order valence-electron chi connectivity index (χ0n) is 18.5. The molecular formula is C23H29F3N4O3. The Morgan fingerprint density at radius 3 is 2.45 bits per heavy atom. The second-order valence-electron chi connectivity index (χ2n) is 8.67. The minimum atomic E-state index is -5.08. The van der Waals surface area contributed by atoms with E-state index >= 15 is 0 Å². The van der Waals surface area contributed by atoms with Crippen molar-refractivity contribution < 1.29 is 27.9 Å². The number of fused-ring (bicyclic) bond motifs is 1. The van der Waals surface area contributed by atoms with Crippen LogP contribution in [-0.2, 0) is 22.7 Å². The molecule has 0 saturated heterocycles. The van der Waals surface area contributed by atoms with E-state index in [1.807, 2.05) is 6.20 Å². The molecule has 1 aromatic carbocycles. The number of aliphatic carboxylic acids is 1. The van der Waals surface area contributed by atoms with Crippen LogP contribution in [0.5, 0.6) is 0 Å². The number of carbonyl (C=O) groups excluding carboxylic acids is 1. The second-order valence-corrected chi connectivity index (χ2v) is 8.67. The van der Waals surface area contributed by atoms with Crippen LogP contribution in [-0.4, -0.2) is 50.9 Å². The molecule has 2 heterocycles. The number of aromatic nitrogens is 2. The van der Waals surface area contributed by atoms with Gasteiger partial charge in [0.05, 0.1) is 11.7 Å². The molecule has 1 aromatic heterocycles. The lowest BCUT2D eigenvalue weighted by atomic mass is 10.1. The first-order valence-corrected chi connectivity index (χ1v) is 11.0. The summed E-state index contributed by atoms with van der Waals surface area (Å²) in [6, 6.07) is 11.2. The predicted octanol–water partition coefficient (Wildman–Crippen LogP) is 3.69. The molecule has 1 fully saturated rings. The minimum Gasteiger partial charge on any atom is -0.475 e. The summed E-state index contributed by atoms with van der Waals surface area (Å²) in [5.41, 5.74) is 3.91. The van der Waals surface area contributed by atoms with Gasteiger partial charge in [0.25, 0.3) is 0 Å². The number of rotatable bonds is 7. The van der Waals surface area contributed by atoms with Gasteiger partial charge in [0, 0.05) is 38.8 Å². The fourth-order valence-corrected chi connectivity index (χ4v) is 3.78. The molecule has 180 valence electrons. The lowest BCUT2D eigenvalue weighted by Gasteiger charge is -2.34. The molecule has 1 aliphatic heterocycles. The number of alkyl halides is 3. The van der Waals surface area contributed by atoms with Crippen LogP contribution in [0.15, 0.2) is 36.5 Å². The molecule has 1 amide bonds. The van der Waals surface area contributed by atoms with Crippen molar-refractivity contribution in [3.8, 4) is 0 Å². The van der Waals surface area contributed by atoms with Crippen molar-refractivity contribution in [2.24, 2.45) is 5.92 Å². The summed E-state index contributed by atoms with van der Waals surface area (Å²) in [6.45, 7) is 5.71. The number of nitrogens with zero attached hydrogens (tertiary/aromatic N) is 3. The van der Waals surface area contributed by atoms with E-state index in [1.54, 1.807) is 0 Å². The van der Waals surface area contributed by atoms with E-state index < -0.39 is 12.1 Å². The Kier molecular flexibility index (Phi) is 8.12. The first-order chi connectivity index (χ1) is 15.6. The molecule has 4 rings (SSSR count). The monoisotopic (exact) mass is 466 g/mol. The molecule has 2 N–H and O–H groups in total. The number of aryl methyl sites for hydroxylation is 1. The molecule has 1 saturated carbocycles. The molecule has 0 spiro atoms. The SMILES string of the molecule is Cc1ccc(CN2Cc3ccnn3C(CCNC(=O)CC3CC3)C2)cc1.O=C(O)C(F)(F)F. The topological polar surface area (TPSA) is 87.5 Å². The summed E-state index contributed by atoms with van der Waals surface area (Å²) in [7, 11) is 0. The predicted molar refractivity (Wildman–Crippen MR) is 115 cm³/mol. The maximum atomic E-state index is 11.9. The van der Waals surface area contributed by atoms with E-state index in [0.717, 1.165) is 32.6 Å². The Balaban J connectivity index is 0.000000383. The van der Waals surface area contributed by atoms with E-state index in [1.165, 1.54) is 29.7 Å². The Morgan fingerprint density at radius 1 is 1.18 bits per heavy atom. The highest BCUT2D eigenvalue weighted by Crippen LogP contribution is 2.32. The Labute approximate surface area is 190 Å². The lowest BCUT2D eigenvalue weighted by Crippen LogP contribution is -2.39. The first-order valence-electron chi connectivity index (χ1n) is 11.0. The van der Waals surface area contributed by atoms with Crippen LogP contribution >= 0.6 is 0 Å². The summed E-state index contributed by atoms with van der Waals surface area (Å²) in [6.07, 6.45) is 0.886. The Hall–Kier alpha value is -2.88. The number of amides is 1. The van der Waals surface area contributed by atoms with Crippen molar-refractivity contribution in [2.45, 2.75) is 57.9 Å². The summed E-state index contributed by atoms with van der Waals surface area (Å²) >= 11 is 0. The molecule has 0 radical (unpaired) electrons. The van der Waals surface area contributed by atoms with Crippen molar-refractivity contribution in [1.82, 2.24) is 20.0 Å². The van der Waals surface area contributed by atoms with Crippen molar-refractivity contribution in [1.29, 1.82) is 0 Å². The van der Waals surface area contributed by atoms with Crippen LogP contribution in [0.2, 0.25) is 0 Å². The molecule has 2 aromatic rings. The number of halogens is 3. The van der Waals surface area contributed by atoms with Gasteiger partial charge in [0.15, 0.2) is 0 Å². The highest BCUT2D eigenvalue weighted by Gasteiger charge is 2.38. The quantitative estimate of drug-likeness (QED) is 0.650. The van der Waals surface area contributed by atoms with Gasteiger partial charge in [-0.15, -0.1) is 0 Å². The third-order valence-electron chi connectivity index (χ3n) is 5.69. The van der Waals surface area contributed by atoms with Gasteiger partial charge in [-0.2, -0.15) is 18.3 Å². The van der Waals surface area contributed by atoms with E-state index in [-0.39, 0.29) is 5.91 Å². The first kappa shape index (κ1) is 24.8. The largest absolute Gasteiger partial charge is 0.490 e. The van der Waals surface area contributed by atoms with Crippen LogP contribution in [0.1, 0.15) is 48.5 Å². The molecule has 33 heavy (non-hydrogen) atoms. The van der Waals surface area contributed by atoms with Gasteiger partial charge in [-0.3, -0.25) is 14.4 Å². The van der Waals surface area contributed by atoms with E-state index in [9.17, 15) is 18.0 Å². The Morgan fingerprint density at radius 2 is 1.85 bits per heavy atom. The van der Waals surface area contributed by atoms with Gasteiger partial charge in [-0.1, -0.05) is 29.8 Å². The fourth-order valence-electron chi connectivity index (χ4n) is 3.78. The number of hydrogen-bond acceptors (Lipinski definition) is 4.